The summed E-state index contributed by atoms with van der Waals surface area (Å²) < 4.78 is 7.53. The van der Waals surface area contributed by atoms with Crippen LogP contribution >= 0.6 is 0 Å². The van der Waals surface area contributed by atoms with Crippen molar-refractivity contribution < 1.29 is 9.53 Å². The van der Waals surface area contributed by atoms with Gasteiger partial charge in [0.2, 0.25) is 0 Å². The number of H-pyrrole nitrogens is 1. The van der Waals surface area contributed by atoms with Crippen molar-refractivity contribution in [2.24, 2.45) is 11.3 Å². The van der Waals surface area contributed by atoms with Gasteiger partial charge in [-0.3, -0.25) is 14.7 Å². The Kier molecular flexibility index (Phi) is 5.71. The molecule has 6 atom stereocenters. The third kappa shape index (κ3) is 3.55. The van der Waals surface area contributed by atoms with Crippen molar-refractivity contribution in [1.29, 1.82) is 0 Å². The Morgan fingerprint density at radius 2 is 1.88 bits per heavy atom. The molecule has 0 radical (unpaired) electrons. The lowest BCUT2D eigenvalue weighted by atomic mass is 9.53. The highest BCUT2D eigenvalue weighted by Crippen LogP contribution is 2.70. The van der Waals surface area contributed by atoms with E-state index in [1.807, 2.05) is 6.20 Å². The lowest BCUT2D eigenvalue weighted by Gasteiger charge is -2.59. The molecule has 1 aliphatic carbocycles. The molecule has 9 rings (SSSR count). The molecule has 1 unspecified atom stereocenters. The average molecular weight is 563 g/mol. The van der Waals surface area contributed by atoms with E-state index in [9.17, 15) is 4.79 Å². The van der Waals surface area contributed by atoms with Crippen molar-refractivity contribution in [3.05, 3.63) is 60.5 Å². The minimum Gasteiger partial charge on any atom is -0.353 e. The summed E-state index contributed by atoms with van der Waals surface area (Å²) in [6, 6.07) is 11.2. The molecule has 6 nitrogen and oxygen atoms in total. The fraction of sp³-hybridized carbons (Fsp3) is 0.556. The van der Waals surface area contributed by atoms with E-state index in [-0.39, 0.29) is 16.7 Å². The predicted molar refractivity (Wildman–Crippen MR) is 166 cm³/mol. The maximum Gasteiger partial charge on any atom is 0.133 e. The second-order valence-electron chi connectivity index (χ2n) is 14.1. The smallest absolute Gasteiger partial charge is 0.133 e. The van der Waals surface area contributed by atoms with Crippen molar-refractivity contribution in [2.75, 3.05) is 26.2 Å². The van der Waals surface area contributed by atoms with E-state index in [1.54, 1.807) is 0 Å². The Labute approximate surface area is 248 Å². The van der Waals surface area contributed by atoms with Crippen LogP contribution in [0.15, 0.2) is 54.8 Å². The molecule has 5 bridgehead atoms. The standard InChI is InChI=1S/C36H42N4O2/c41-25-10-9-20-40-33-34-23-36(40,17-13-25)42-35(33)16-7-3-1-2-4-8-19-39(24-34)21-15-29(34)28(22-35)31-32-27(14-18-37-31)26-11-5-6-12-30(26)38-32/h1,3,5-6,11-12,14,18,22,29,33,38H,2,4,7-10,13,15-17,19-21,23-24H2/b3-1-/t29-,33-,34-,35-,36-/m0/s1. The molecule has 4 saturated heterocycles. The summed E-state index contributed by atoms with van der Waals surface area (Å²) in [4.78, 5) is 27.3. The summed E-state index contributed by atoms with van der Waals surface area (Å²) in [5, 5.41) is 2.52. The number of ether oxygens (including phenoxy) is 1. The molecular weight excluding hydrogens is 520 g/mol. The summed E-state index contributed by atoms with van der Waals surface area (Å²) in [5.74, 6) is 0.850. The summed E-state index contributed by atoms with van der Waals surface area (Å²) in [6.45, 7) is 4.44. The monoisotopic (exact) mass is 562 g/mol. The molecule has 7 heterocycles. The number of hydrogen-bond donors (Lipinski definition) is 1. The number of Topliss-reactive ketones (excluding diaryl/α,β-unsaturated/α-hetero) is 1. The van der Waals surface area contributed by atoms with Crippen LogP contribution in [0.2, 0.25) is 0 Å². The van der Waals surface area contributed by atoms with Crippen molar-refractivity contribution in [3.63, 3.8) is 0 Å². The normalized spacial score (nSPS) is 39.2. The van der Waals surface area contributed by atoms with E-state index in [4.69, 9.17) is 9.72 Å². The molecular formula is C36H42N4O2. The van der Waals surface area contributed by atoms with Crippen LogP contribution in [0.5, 0.6) is 0 Å². The van der Waals surface area contributed by atoms with Crippen LogP contribution in [0.4, 0.5) is 0 Å². The summed E-state index contributed by atoms with van der Waals surface area (Å²) in [6.07, 6.45) is 20.5. The number of pyridine rings is 1. The van der Waals surface area contributed by atoms with Gasteiger partial charge in [-0.1, -0.05) is 30.4 Å². The van der Waals surface area contributed by atoms with Crippen molar-refractivity contribution in [3.8, 4) is 0 Å². The van der Waals surface area contributed by atoms with Gasteiger partial charge in [-0.25, -0.2) is 0 Å². The highest BCUT2D eigenvalue weighted by molar-refractivity contribution is 6.09. The number of nitrogens with one attached hydrogen (secondary N) is 1. The third-order valence-electron chi connectivity index (χ3n) is 11.9. The molecule has 1 aromatic carbocycles. The van der Waals surface area contributed by atoms with Gasteiger partial charge in [-0.2, -0.15) is 0 Å². The van der Waals surface area contributed by atoms with Gasteiger partial charge in [0.15, 0.2) is 0 Å². The number of benzene rings is 1. The van der Waals surface area contributed by atoms with Crippen LogP contribution in [-0.4, -0.2) is 69.1 Å². The zero-order chi connectivity index (χ0) is 27.9. The van der Waals surface area contributed by atoms with Gasteiger partial charge in [-0.15, -0.1) is 0 Å². The van der Waals surface area contributed by atoms with Crippen LogP contribution in [0.25, 0.3) is 27.4 Å². The average Bonchev–Trinajstić information content (AvgIpc) is 3.58. The van der Waals surface area contributed by atoms with Gasteiger partial charge >= 0.3 is 0 Å². The first kappa shape index (κ1) is 25.7. The number of fused-ring (bicyclic) bond motifs is 4. The number of piperidine rings is 1. The zero-order valence-electron chi connectivity index (χ0n) is 24.6. The fourth-order valence-electron chi connectivity index (χ4n) is 10.5. The molecule has 1 N–H and O–H groups in total. The van der Waals surface area contributed by atoms with Crippen molar-refractivity contribution >= 4 is 33.2 Å². The zero-order valence-corrected chi connectivity index (χ0v) is 24.6. The molecule has 0 saturated carbocycles. The summed E-state index contributed by atoms with van der Waals surface area (Å²) >= 11 is 0. The number of carbonyl (C=O) groups excluding carboxylic acids is 1. The van der Waals surface area contributed by atoms with Crippen LogP contribution < -0.4 is 0 Å². The van der Waals surface area contributed by atoms with E-state index in [0.717, 1.165) is 69.4 Å². The first-order valence-corrected chi connectivity index (χ1v) is 16.6. The fourth-order valence-corrected chi connectivity index (χ4v) is 10.5. The van der Waals surface area contributed by atoms with Gasteiger partial charge < -0.3 is 14.6 Å². The molecule has 3 aromatic rings. The van der Waals surface area contributed by atoms with Crippen LogP contribution in [0.3, 0.4) is 0 Å². The van der Waals surface area contributed by atoms with E-state index < -0.39 is 0 Å². The van der Waals surface area contributed by atoms with E-state index in [2.05, 4.69) is 63.3 Å². The van der Waals surface area contributed by atoms with Crippen LogP contribution in [-0.2, 0) is 9.53 Å². The summed E-state index contributed by atoms with van der Waals surface area (Å²) in [5.41, 5.74) is 4.28. The molecule has 4 fully saturated rings. The molecule has 6 aliphatic rings. The summed E-state index contributed by atoms with van der Waals surface area (Å²) in [7, 11) is 0. The first-order chi connectivity index (χ1) is 20.6. The second-order valence-corrected chi connectivity index (χ2v) is 14.1. The highest BCUT2D eigenvalue weighted by atomic mass is 16.6. The largest absolute Gasteiger partial charge is 0.353 e. The Hall–Kier alpha value is -2.80. The maximum absolute atomic E-state index is 12.8. The van der Waals surface area contributed by atoms with E-state index in [1.165, 1.54) is 47.7 Å². The van der Waals surface area contributed by atoms with E-state index in [0.29, 0.717) is 30.6 Å². The Bertz CT molecular complexity index is 1640. The Morgan fingerprint density at radius 3 is 2.86 bits per heavy atom. The molecule has 0 amide bonds. The number of rotatable bonds is 1. The minimum absolute atomic E-state index is 0.0988. The Balaban J connectivity index is 1.27. The number of hydrogen-bond acceptors (Lipinski definition) is 5. The maximum atomic E-state index is 12.8. The molecule has 2 aromatic heterocycles. The van der Waals surface area contributed by atoms with Crippen LogP contribution in [0.1, 0.15) is 76.3 Å². The quantitative estimate of drug-likeness (QED) is 0.338. The van der Waals surface area contributed by atoms with Crippen molar-refractivity contribution in [1.82, 2.24) is 19.8 Å². The first-order valence-electron chi connectivity index (χ1n) is 16.6. The number of aromatic nitrogens is 2. The topological polar surface area (TPSA) is 61.5 Å². The predicted octanol–water partition coefficient (Wildman–Crippen LogP) is 6.62. The molecule has 218 valence electrons. The number of carbonyl (C=O) groups is 1. The lowest BCUT2D eigenvalue weighted by Crippen LogP contribution is -2.65. The van der Waals surface area contributed by atoms with Crippen LogP contribution in [0, 0.1) is 11.3 Å². The molecule has 5 aliphatic heterocycles. The Morgan fingerprint density at radius 1 is 0.952 bits per heavy atom. The van der Waals surface area contributed by atoms with Gasteiger partial charge in [0, 0.05) is 53.8 Å². The number of ketones is 1. The SMILES string of the molecule is O=C1CCCN2[C@H]3[C@@]45CN6CCCC/C=C\CC[C@@]3(C=C(c3nccc7c3[nH]c3ccccc37)[C@@H]4CC6)O[C@@]2(CC1)C5. The van der Waals surface area contributed by atoms with E-state index >= 15 is 0 Å². The van der Waals surface area contributed by atoms with Gasteiger partial charge in [-0.05, 0) is 101 Å². The number of para-hydroxylation sites is 1. The van der Waals surface area contributed by atoms with Gasteiger partial charge in [0.25, 0.3) is 0 Å². The second kappa shape index (κ2) is 9.35. The number of aromatic amines is 1. The number of nitrogens with zero attached hydrogens (tertiary/aromatic N) is 3. The van der Waals surface area contributed by atoms with Gasteiger partial charge in [0.1, 0.15) is 17.1 Å². The number of allylic oxidation sites excluding steroid dienone is 3. The molecule has 6 heteroatoms. The van der Waals surface area contributed by atoms with Crippen molar-refractivity contribution in [2.45, 2.75) is 88.0 Å². The molecule has 1 spiro atoms. The molecule has 42 heavy (non-hydrogen) atoms. The minimum atomic E-state index is -0.366. The third-order valence-corrected chi connectivity index (χ3v) is 11.9. The lowest BCUT2D eigenvalue weighted by molar-refractivity contribution is -0.180. The highest BCUT2D eigenvalue weighted by Gasteiger charge is 2.77. The van der Waals surface area contributed by atoms with Gasteiger partial charge in [0.05, 0.1) is 17.3 Å².